The summed E-state index contributed by atoms with van der Waals surface area (Å²) in [7, 11) is -3.94. The zero-order valence-corrected chi connectivity index (χ0v) is 15.8. The minimum Gasteiger partial charge on any atom is -0.630 e. The van der Waals surface area contributed by atoms with E-state index < -0.39 is 16.0 Å². The third kappa shape index (κ3) is 4.01. The van der Waals surface area contributed by atoms with Gasteiger partial charge in [0.1, 0.15) is 10.6 Å². The molecular formula is C18H16N2O5S2. The van der Waals surface area contributed by atoms with Crippen molar-refractivity contribution < 1.29 is 23.8 Å². The summed E-state index contributed by atoms with van der Waals surface area (Å²) in [5.41, 5.74) is 2.31. The van der Waals surface area contributed by atoms with Crippen LogP contribution in [0.3, 0.4) is 0 Å². The van der Waals surface area contributed by atoms with Crippen molar-refractivity contribution in [3.8, 4) is 10.4 Å². The van der Waals surface area contributed by atoms with E-state index in [2.05, 4.69) is 4.72 Å². The maximum absolute atomic E-state index is 12.7. The fourth-order valence-corrected chi connectivity index (χ4v) is 4.91. The second-order valence-corrected chi connectivity index (χ2v) is 8.48. The van der Waals surface area contributed by atoms with Gasteiger partial charge in [0.05, 0.1) is 10.6 Å². The third-order valence-corrected chi connectivity index (χ3v) is 6.56. The van der Waals surface area contributed by atoms with E-state index in [1.54, 1.807) is 49.4 Å². The molecule has 0 spiro atoms. The Bertz CT molecular complexity index is 1110. The Morgan fingerprint density at radius 2 is 1.89 bits per heavy atom. The van der Waals surface area contributed by atoms with Gasteiger partial charge in [-0.3, -0.25) is 4.72 Å². The van der Waals surface area contributed by atoms with Crippen molar-refractivity contribution in [2.75, 3.05) is 4.72 Å². The van der Waals surface area contributed by atoms with Crippen molar-refractivity contribution in [2.24, 2.45) is 0 Å². The van der Waals surface area contributed by atoms with Crippen LogP contribution in [0, 0.1) is 12.1 Å². The van der Waals surface area contributed by atoms with Crippen molar-refractivity contribution in [2.45, 2.75) is 11.8 Å². The Morgan fingerprint density at radius 1 is 1.15 bits per heavy atom. The molecule has 0 unspecified atom stereocenters. The molecule has 0 aliphatic heterocycles. The monoisotopic (exact) mass is 404 g/mol. The number of hydrogen-bond donors (Lipinski definition) is 3. The summed E-state index contributed by atoms with van der Waals surface area (Å²) in [6.45, 7) is 1.66. The maximum Gasteiger partial charge on any atom is 0.348 e. The van der Waals surface area contributed by atoms with Gasteiger partial charge < -0.3 is 15.8 Å². The largest absolute Gasteiger partial charge is 0.630 e. The summed E-state index contributed by atoms with van der Waals surface area (Å²) in [4.78, 5) is 12.1. The van der Waals surface area contributed by atoms with Crippen LogP contribution in [0.15, 0.2) is 59.5 Å². The fraction of sp³-hybridized carbons (Fsp3) is 0.0556. The Balaban J connectivity index is 2.04. The molecule has 7 nitrogen and oxygen atoms in total. The van der Waals surface area contributed by atoms with Crippen LogP contribution in [-0.2, 0) is 10.0 Å². The first kappa shape index (κ1) is 19.1. The number of carbonyl (C=O) groups is 1. The van der Waals surface area contributed by atoms with Crippen LogP contribution in [-0.4, -0.2) is 19.5 Å². The van der Waals surface area contributed by atoms with Gasteiger partial charge in [0.2, 0.25) is 0 Å². The highest BCUT2D eigenvalue weighted by Crippen LogP contribution is 2.36. The lowest BCUT2D eigenvalue weighted by Gasteiger charge is -2.09. The van der Waals surface area contributed by atoms with Crippen LogP contribution >= 0.6 is 11.3 Å². The summed E-state index contributed by atoms with van der Waals surface area (Å²) in [5, 5.41) is 20.4. The molecule has 9 heteroatoms. The van der Waals surface area contributed by atoms with Crippen molar-refractivity contribution in [1.82, 2.24) is 0 Å². The highest BCUT2D eigenvalue weighted by Gasteiger charge is 2.23. The molecule has 0 radical (unpaired) electrons. The molecule has 0 saturated carbocycles. The molecule has 2 aromatic carbocycles. The first-order chi connectivity index (χ1) is 12.8. The van der Waals surface area contributed by atoms with Crippen LogP contribution in [0.2, 0.25) is 0 Å². The maximum atomic E-state index is 12.7. The van der Waals surface area contributed by atoms with Gasteiger partial charge in [-0.1, -0.05) is 30.3 Å². The number of benzene rings is 2. The number of thiophene rings is 1. The van der Waals surface area contributed by atoms with E-state index in [-0.39, 0.29) is 15.5 Å². The van der Waals surface area contributed by atoms with Crippen LogP contribution in [0.5, 0.6) is 0 Å². The first-order valence-corrected chi connectivity index (χ1v) is 10.1. The van der Waals surface area contributed by atoms with Crippen LogP contribution in [0.25, 0.3) is 10.4 Å². The van der Waals surface area contributed by atoms with Crippen molar-refractivity contribution in [3.05, 3.63) is 70.2 Å². The highest BCUT2D eigenvalue weighted by atomic mass is 32.2. The average Bonchev–Trinajstić information content (AvgIpc) is 3.05. The minimum atomic E-state index is -3.94. The standard InChI is InChI=1S/C18H16N2O5S2/c1-11-5-2-3-8-16(11)27(24,25)20-14-10-15(26-17(14)18(21)22)12-6-4-7-13(9-12)19-23/h2-10,20H,19H2,1H3,(H,21,22). The van der Waals surface area contributed by atoms with E-state index in [1.807, 2.05) is 0 Å². The third-order valence-electron chi connectivity index (χ3n) is 3.86. The number of aryl methyl sites for hydroxylation is 1. The molecule has 0 fully saturated rings. The predicted molar refractivity (Wildman–Crippen MR) is 104 cm³/mol. The molecule has 0 amide bonds. The van der Waals surface area contributed by atoms with Gasteiger partial charge in [0.15, 0.2) is 0 Å². The smallest absolute Gasteiger partial charge is 0.348 e. The van der Waals surface area contributed by atoms with E-state index in [1.165, 1.54) is 12.1 Å². The number of rotatable bonds is 6. The zero-order chi connectivity index (χ0) is 19.6. The lowest BCUT2D eigenvalue weighted by Crippen LogP contribution is -2.70. The number of nitrogens with one attached hydrogen (secondary N) is 1. The van der Waals surface area contributed by atoms with Crippen LogP contribution < -0.4 is 10.2 Å². The molecule has 0 saturated heterocycles. The molecule has 3 aromatic rings. The number of aromatic carboxylic acids is 1. The van der Waals surface area contributed by atoms with E-state index in [0.29, 0.717) is 27.2 Å². The number of nitrogens with two attached hydrogens (primary N) is 1. The molecule has 1 heterocycles. The fourth-order valence-electron chi connectivity index (χ4n) is 2.59. The van der Waals surface area contributed by atoms with Gasteiger partial charge >= 0.3 is 5.97 Å². The molecule has 0 aliphatic carbocycles. The Labute approximate surface area is 159 Å². The lowest BCUT2D eigenvalue weighted by molar-refractivity contribution is -0.497. The first-order valence-electron chi connectivity index (χ1n) is 7.83. The Kier molecular flexibility index (Phi) is 5.29. The average molecular weight is 404 g/mol. The number of hydrogen-bond acceptors (Lipinski definition) is 5. The topological polar surface area (TPSA) is 123 Å². The van der Waals surface area contributed by atoms with E-state index >= 15 is 0 Å². The summed E-state index contributed by atoms with van der Waals surface area (Å²) in [6.07, 6.45) is 0. The number of anilines is 1. The Morgan fingerprint density at radius 3 is 2.56 bits per heavy atom. The molecule has 0 atom stereocenters. The normalized spacial score (nSPS) is 11.3. The molecule has 0 bridgehead atoms. The van der Waals surface area contributed by atoms with Crippen LogP contribution in [0.1, 0.15) is 15.2 Å². The second kappa shape index (κ2) is 7.49. The molecule has 140 valence electrons. The van der Waals surface area contributed by atoms with Gasteiger partial charge in [-0.15, -0.1) is 11.3 Å². The van der Waals surface area contributed by atoms with E-state index in [4.69, 9.17) is 0 Å². The molecular weight excluding hydrogens is 388 g/mol. The van der Waals surface area contributed by atoms with Gasteiger partial charge in [0.25, 0.3) is 10.0 Å². The minimum absolute atomic E-state index is 0.0118. The van der Waals surface area contributed by atoms with Gasteiger partial charge in [-0.05, 0) is 36.2 Å². The molecule has 3 rings (SSSR count). The van der Waals surface area contributed by atoms with Crippen LogP contribution in [0.4, 0.5) is 11.4 Å². The van der Waals surface area contributed by atoms with E-state index in [0.717, 1.165) is 11.3 Å². The number of quaternary nitrogens is 1. The summed E-state index contributed by atoms with van der Waals surface area (Å²) in [5.74, 6) is -1.24. The SMILES string of the molecule is Cc1ccccc1S(=O)(=O)Nc1cc(-c2cccc([NH2+][O-])c2)sc1C(=O)O. The van der Waals surface area contributed by atoms with Crippen molar-refractivity contribution in [3.63, 3.8) is 0 Å². The number of sulfonamides is 1. The van der Waals surface area contributed by atoms with E-state index in [9.17, 15) is 23.5 Å². The van der Waals surface area contributed by atoms with Gasteiger partial charge in [-0.25, -0.2) is 13.2 Å². The number of carboxylic acid groups (broad SMARTS) is 1. The lowest BCUT2D eigenvalue weighted by atomic mass is 10.1. The zero-order valence-electron chi connectivity index (χ0n) is 14.2. The van der Waals surface area contributed by atoms with Crippen molar-refractivity contribution in [1.29, 1.82) is 0 Å². The predicted octanol–water partition coefficient (Wildman–Crippen LogP) is 2.92. The van der Waals surface area contributed by atoms with Gasteiger partial charge in [-0.2, -0.15) is 0 Å². The van der Waals surface area contributed by atoms with Gasteiger partial charge in [0, 0.05) is 10.9 Å². The number of carboxylic acids is 1. The Hall–Kier alpha value is -2.72. The highest BCUT2D eigenvalue weighted by molar-refractivity contribution is 7.92. The molecule has 4 N–H and O–H groups in total. The summed E-state index contributed by atoms with van der Waals surface area (Å²) < 4.78 is 27.8. The molecule has 27 heavy (non-hydrogen) atoms. The molecule has 0 aliphatic rings. The quantitative estimate of drug-likeness (QED) is 0.430. The molecule has 1 aromatic heterocycles. The summed E-state index contributed by atoms with van der Waals surface area (Å²) >= 11 is 0.938. The second-order valence-electron chi connectivity index (χ2n) is 5.77. The van der Waals surface area contributed by atoms with Crippen molar-refractivity contribution >= 4 is 38.7 Å². The summed E-state index contributed by atoms with van der Waals surface area (Å²) in [6, 6.07) is 14.6.